The van der Waals surface area contributed by atoms with Crippen LogP contribution in [0, 0.1) is 0 Å². The van der Waals surface area contributed by atoms with Crippen LogP contribution in [0.2, 0.25) is 0 Å². The average molecular weight is 281 g/mol. The molecule has 2 aromatic rings. The molecule has 0 aliphatic carbocycles. The molecule has 0 spiro atoms. The second kappa shape index (κ2) is 5.89. The fraction of sp³-hybridized carbons (Fsp3) is 0.455. The topological polar surface area (TPSA) is 96.0 Å². The lowest BCUT2D eigenvalue weighted by Crippen LogP contribution is -2.16. The summed E-state index contributed by atoms with van der Waals surface area (Å²) in [5.41, 5.74) is 7.63. The first-order valence-corrected chi connectivity index (χ1v) is 6.50. The van der Waals surface area contributed by atoms with Gasteiger partial charge in [0.1, 0.15) is 5.69 Å². The van der Waals surface area contributed by atoms with E-state index >= 15 is 0 Å². The van der Waals surface area contributed by atoms with Gasteiger partial charge in [0.05, 0.1) is 37.0 Å². The predicted molar refractivity (Wildman–Crippen MR) is 70.5 cm³/mol. The van der Waals surface area contributed by atoms with E-state index in [4.69, 9.17) is 15.2 Å². The van der Waals surface area contributed by atoms with Crippen molar-refractivity contribution in [2.24, 2.45) is 5.73 Å². The Morgan fingerprint density at radius 3 is 2.79 bits per heavy atom. The van der Waals surface area contributed by atoms with Gasteiger partial charge in [-0.2, -0.15) is 4.98 Å². The zero-order chi connectivity index (χ0) is 13.8. The van der Waals surface area contributed by atoms with Gasteiger partial charge in [0.25, 0.3) is 0 Å². The molecular weight excluding hydrogens is 266 g/mol. The van der Waals surface area contributed by atoms with E-state index in [1.807, 2.05) is 6.92 Å². The number of nitrogens with two attached hydrogens (primary N) is 1. The second-order valence-corrected chi connectivity index (χ2v) is 4.51. The number of methoxy groups -OCH3 is 2. The molecule has 19 heavy (non-hydrogen) atoms. The van der Waals surface area contributed by atoms with Crippen molar-refractivity contribution in [1.29, 1.82) is 0 Å². The summed E-state index contributed by atoms with van der Waals surface area (Å²) < 4.78 is 14.1. The van der Waals surface area contributed by atoms with Crippen molar-refractivity contribution in [2.45, 2.75) is 19.4 Å². The van der Waals surface area contributed by atoms with Crippen LogP contribution >= 0.6 is 11.5 Å². The summed E-state index contributed by atoms with van der Waals surface area (Å²) in [5.74, 6) is 0.730. The van der Waals surface area contributed by atoms with Crippen LogP contribution in [0.5, 0.6) is 11.8 Å². The average Bonchev–Trinajstić information content (AvgIpc) is 2.94. The lowest BCUT2D eigenvalue weighted by molar-refractivity contribution is 0.355. The highest BCUT2D eigenvalue weighted by Crippen LogP contribution is 2.29. The number of rotatable bonds is 5. The molecule has 0 saturated carbocycles. The first-order valence-electron chi connectivity index (χ1n) is 5.72. The molecule has 0 fully saturated rings. The van der Waals surface area contributed by atoms with E-state index in [0.29, 0.717) is 17.5 Å². The third-order valence-corrected chi connectivity index (χ3v) is 3.49. The van der Waals surface area contributed by atoms with Crippen LogP contribution in [0.3, 0.4) is 0 Å². The summed E-state index contributed by atoms with van der Waals surface area (Å²) in [6.07, 6.45) is 2.28. The van der Waals surface area contributed by atoms with Gasteiger partial charge in [-0.05, 0) is 18.0 Å². The van der Waals surface area contributed by atoms with Gasteiger partial charge in [-0.1, -0.05) is 11.4 Å². The van der Waals surface area contributed by atoms with Gasteiger partial charge in [-0.3, -0.25) is 0 Å². The molecule has 2 rings (SSSR count). The largest absolute Gasteiger partial charge is 0.480 e. The molecule has 1 unspecified atom stereocenters. The number of nitrogens with zero attached hydrogens (tertiary/aromatic N) is 4. The Kier molecular flexibility index (Phi) is 4.23. The molecule has 0 aliphatic heterocycles. The summed E-state index contributed by atoms with van der Waals surface area (Å²) in [7, 11) is 3.04. The van der Waals surface area contributed by atoms with Crippen molar-refractivity contribution in [1.82, 2.24) is 19.6 Å². The summed E-state index contributed by atoms with van der Waals surface area (Å²) in [4.78, 5) is 9.31. The standard InChI is InChI=1S/C11H15N5O2S/c1-4-6-10(19-16-15-6)8(12)9-11(18-3)14-7(17-2)5-13-9/h5,8H,4,12H2,1-3H3. The lowest BCUT2D eigenvalue weighted by Gasteiger charge is -2.13. The van der Waals surface area contributed by atoms with Crippen molar-refractivity contribution < 1.29 is 9.47 Å². The molecule has 8 heteroatoms. The Balaban J connectivity index is 2.41. The molecule has 7 nitrogen and oxygen atoms in total. The first-order chi connectivity index (χ1) is 9.21. The Morgan fingerprint density at radius 1 is 1.37 bits per heavy atom. The maximum absolute atomic E-state index is 6.21. The molecule has 2 aromatic heterocycles. The summed E-state index contributed by atoms with van der Waals surface area (Å²) in [5, 5.41) is 4.05. The van der Waals surface area contributed by atoms with Crippen LogP contribution in [0.1, 0.15) is 29.2 Å². The van der Waals surface area contributed by atoms with Crippen LogP contribution in [0.4, 0.5) is 0 Å². The van der Waals surface area contributed by atoms with Crippen molar-refractivity contribution in [3.8, 4) is 11.8 Å². The zero-order valence-electron chi connectivity index (χ0n) is 11.0. The van der Waals surface area contributed by atoms with Gasteiger partial charge >= 0.3 is 0 Å². The van der Waals surface area contributed by atoms with E-state index < -0.39 is 6.04 Å². The Hall–Kier alpha value is -1.80. The Labute approximate surface area is 115 Å². The van der Waals surface area contributed by atoms with Gasteiger partial charge in [-0.25, -0.2) is 4.98 Å². The van der Waals surface area contributed by atoms with Crippen LogP contribution in [-0.2, 0) is 6.42 Å². The minimum atomic E-state index is -0.455. The smallest absolute Gasteiger partial charge is 0.240 e. The molecule has 2 N–H and O–H groups in total. The number of ether oxygens (including phenoxy) is 2. The Bertz CT molecular complexity index is 560. The van der Waals surface area contributed by atoms with Gasteiger partial charge in [0.15, 0.2) is 0 Å². The molecule has 0 aliphatic rings. The van der Waals surface area contributed by atoms with E-state index in [0.717, 1.165) is 17.0 Å². The fourth-order valence-electron chi connectivity index (χ4n) is 1.65. The second-order valence-electron chi connectivity index (χ2n) is 3.72. The minimum absolute atomic E-state index is 0.349. The van der Waals surface area contributed by atoms with Crippen LogP contribution in [-0.4, -0.2) is 33.8 Å². The summed E-state index contributed by atoms with van der Waals surface area (Å²) >= 11 is 1.27. The lowest BCUT2D eigenvalue weighted by atomic mass is 10.1. The summed E-state index contributed by atoms with van der Waals surface area (Å²) in [6.45, 7) is 2.00. The number of aromatic nitrogens is 4. The van der Waals surface area contributed by atoms with Crippen molar-refractivity contribution in [3.05, 3.63) is 22.5 Å². The quantitative estimate of drug-likeness (QED) is 0.871. The Morgan fingerprint density at radius 2 is 2.16 bits per heavy atom. The fourth-order valence-corrected chi connectivity index (χ4v) is 2.39. The molecule has 0 aromatic carbocycles. The number of aryl methyl sites for hydroxylation is 1. The third-order valence-electron chi connectivity index (χ3n) is 2.64. The molecular formula is C11H15N5O2S. The first kappa shape index (κ1) is 13.6. The van der Waals surface area contributed by atoms with Gasteiger partial charge in [0.2, 0.25) is 11.8 Å². The van der Waals surface area contributed by atoms with Crippen LogP contribution < -0.4 is 15.2 Å². The number of hydrogen-bond acceptors (Lipinski definition) is 8. The molecule has 0 bridgehead atoms. The SMILES string of the molecule is CCc1nnsc1C(N)c1ncc(OC)nc1OC. The highest BCUT2D eigenvalue weighted by Gasteiger charge is 2.22. The monoisotopic (exact) mass is 281 g/mol. The van der Waals surface area contributed by atoms with E-state index in [1.165, 1.54) is 31.9 Å². The van der Waals surface area contributed by atoms with Crippen LogP contribution in [0.15, 0.2) is 6.20 Å². The highest BCUT2D eigenvalue weighted by molar-refractivity contribution is 7.05. The highest BCUT2D eigenvalue weighted by atomic mass is 32.1. The van der Waals surface area contributed by atoms with E-state index in [2.05, 4.69) is 19.6 Å². The van der Waals surface area contributed by atoms with E-state index in [9.17, 15) is 0 Å². The van der Waals surface area contributed by atoms with Crippen LogP contribution in [0.25, 0.3) is 0 Å². The predicted octanol–water partition coefficient (Wildman–Crippen LogP) is 0.956. The summed E-state index contributed by atoms with van der Waals surface area (Å²) in [6, 6.07) is -0.455. The van der Waals surface area contributed by atoms with E-state index in [1.54, 1.807) is 0 Å². The molecule has 0 radical (unpaired) electrons. The van der Waals surface area contributed by atoms with Crippen molar-refractivity contribution >= 4 is 11.5 Å². The molecule has 2 heterocycles. The minimum Gasteiger partial charge on any atom is -0.480 e. The molecule has 1 atom stereocenters. The maximum Gasteiger partial charge on any atom is 0.240 e. The molecule has 0 saturated heterocycles. The molecule has 0 amide bonds. The van der Waals surface area contributed by atoms with Gasteiger partial charge in [-0.15, -0.1) is 5.10 Å². The maximum atomic E-state index is 6.21. The third kappa shape index (κ3) is 2.64. The van der Waals surface area contributed by atoms with E-state index in [-0.39, 0.29) is 0 Å². The van der Waals surface area contributed by atoms with Gasteiger partial charge < -0.3 is 15.2 Å². The van der Waals surface area contributed by atoms with Gasteiger partial charge in [0, 0.05) is 0 Å². The molecule has 102 valence electrons. The normalized spacial score (nSPS) is 12.2. The van der Waals surface area contributed by atoms with Crippen molar-refractivity contribution in [3.63, 3.8) is 0 Å². The van der Waals surface area contributed by atoms with Crippen molar-refractivity contribution in [2.75, 3.05) is 14.2 Å². The number of hydrogen-bond donors (Lipinski definition) is 1. The zero-order valence-corrected chi connectivity index (χ0v) is 11.8.